The molecule has 36 heavy (non-hydrogen) atoms. The number of aliphatic hydroxyl groups is 1. The van der Waals surface area contributed by atoms with Crippen molar-refractivity contribution in [3.05, 3.63) is 78.5 Å². The maximum absolute atomic E-state index is 13.8. The number of fused-ring (bicyclic) bond motifs is 1. The van der Waals surface area contributed by atoms with Crippen molar-refractivity contribution in [2.75, 3.05) is 6.61 Å². The number of aliphatic hydroxyl groups excluding tert-OH is 1. The zero-order valence-electron chi connectivity index (χ0n) is 20.1. The SMILES string of the molecule is CCC(S[C@H]1O[C@@H]2COC(c3ccccc3)O[C@@H]2[C@H](n2cnc(-c3cccc(F)c3)c2)[C@H]1O)[C@H](C)Cl. The Labute approximate surface area is 219 Å². The van der Waals surface area contributed by atoms with Crippen LogP contribution in [-0.4, -0.2) is 55.6 Å². The first-order valence-electron chi connectivity index (χ1n) is 12.2. The fourth-order valence-electron chi connectivity index (χ4n) is 4.81. The van der Waals surface area contributed by atoms with Crippen molar-refractivity contribution < 1.29 is 23.7 Å². The van der Waals surface area contributed by atoms with Crippen LogP contribution in [0.3, 0.4) is 0 Å². The summed E-state index contributed by atoms with van der Waals surface area (Å²) in [6.45, 7) is 4.35. The third kappa shape index (κ3) is 5.35. The van der Waals surface area contributed by atoms with Crippen LogP contribution in [0.1, 0.15) is 38.2 Å². The molecule has 0 saturated carbocycles. The van der Waals surface area contributed by atoms with Gasteiger partial charge in [0.25, 0.3) is 0 Å². The minimum Gasteiger partial charge on any atom is -0.387 e. The molecule has 2 saturated heterocycles. The van der Waals surface area contributed by atoms with E-state index >= 15 is 0 Å². The Morgan fingerprint density at radius 2 is 2.00 bits per heavy atom. The van der Waals surface area contributed by atoms with Crippen molar-refractivity contribution in [1.82, 2.24) is 9.55 Å². The van der Waals surface area contributed by atoms with E-state index in [1.54, 1.807) is 12.4 Å². The number of thioether (sulfide) groups is 1. The molecule has 2 fully saturated rings. The molecule has 2 aliphatic rings. The van der Waals surface area contributed by atoms with Crippen molar-refractivity contribution in [3.63, 3.8) is 0 Å². The second-order valence-electron chi connectivity index (χ2n) is 9.18. The van der Waals surface area contributed by atoms with E-state index in [0.29, 0.717) is 17.9 Å². The van der Waals surface area contributed by atoms with E-state index in [1.807, 2.05) is 54.1 Å². The highest BCUT2D eigenvalue weighted by Crippen LogP contribution is 2.44. The highest BCUT2D eigenvalue weighted by Gasteiger charge is 2.51. The van der Waals surface area contributed by atoms with Crippen LogP contribution in [0.5, 0.6) is 0 Å². The molecule has 3 aromatic rings. The summed E-state index contributed by atoms with van der Waals surface area (Å²) in [5, 5.41) is 11.6. The van der Waals surface area contributed by atoms with E-state index in [9.17, 15) is 9.50 Å². The number of imidazole rings is 1. The zero-order valence-corrected chi connectivity index (χ0v) is 21.7. The lowest BCUT2D eigenvalue weighted by atomic mass is 9.95. The maximum Gasteiger partial charge on any atom is 0.184 e. The molecule has 9 heteroatoms. The molecular formula is C27H30ClFN2O4S. The van der Waals surface area contributed by atoms with Gasteiger partial charge in [0, 0.05) is 28.0 Å². The van der Waals surface area contributed by atoms with Gasteiger partial charge in [-0.1, -0.05) is 49.4 Å². The Bertz CT molecular complexity index is 1150. The van der Waals surface area contributed by atoms with E-state index in [-0.39, 0.29) is 22.5 Å². The van der Waals surface area contributed by atoms with Crippen molar-refractivity contribution in [2.24, 2.45) is 0 Å². The van der Waals surface area contributed by atoms with Gasteiger partial charge in [-0.3, -0.25) is 0 Å². The minimum atomic E-state index is -0.898. The summed E-state index contributed by atoms with van der Waals surface area (Å²) < 4.78 is 34.5. The van der Waals surface area contributed by atoms with Crippen LogP contribution in [0, 0.1) is 5.82 Å². The van der Waals surface area contributed by atoms with Gasteiger partial charge in [-0.25, -0.2) is 9.37 Å². The average molecular weight is 533 g/mol. The second kappa shape index (κ2) is 11.2. The molecule has 2 unspecified atom stereocenters. The van der Waals surface area contributed by atoms with Crippen LogP contribution >= 0.6 is 23.4 Å². The number of alkyl halides is 1. The molecule has 2 aromatic carbocycles. The molecular weight excluding hydrogens is 503 g/mol. The van der Waals surface area contributed by atoms with Gasteiger partial charge in [-0.05, 0) is 25.5 Å². The van der Waals surface area contributed by atoms with E-state index < -0.39 is 30.0 Å². The third-order valence-electron chi connectivity index (χ3n) is 6.69. The molecule has 1 N–H and O–H groups in total. The molecule has 0 aliphatic carbocycles. The van der Waals surface area contributed by atoms with Crippen LogP contribution in [-0.2, 0) is 14.2 Å². The van der Waals surface area contributed by atoms with Crippen molar-refractivity contribution in [3.8, 4) is 11.3 Å². The maximum atomic E-state index is 13.8. The third-order valence-corrected chi connectivity index (χ3v) is 8.90. The molecule has 5 rings (SSSR count). The molecule has 8 atom stereocenters. The molecule has 0 spiro atoms. The van der Waals surface area contributed by atoms with Crippen LogP contribution in [0.2, 0.25) is 0 Å². The lowest BCUT2D eigenvalue weighted by molar-refractivity contribution is -0.305. The van der Waals surface area contributed by atoms with E-state index in [1.165, 1.54) is 23.9 Å². The number of rotatable bonds is 7. The Kier molecular flexibility index (Phi) is 8.00. The summed E-state index contributed by atoms with van der Waals surface area (Å²) >= 11 is 7.96. The summed E-state index contributed by atoms with van der Waals surface area (Å²) in [5.74, 6) is -0.330. The molecule has 3 heterocycles. The van der Waals surface area contributed by atoms with Gasteiger partial charge in [0.1, 0.15) is 29.6 Å². The molecule has 0 radical (unpaired) electrons. The smallest absolute Gasteiger partial charge is 0.184 e. The monoisotopic (exact) mass is 532 g/mol. The lowest BCUT2D eigenvalue weighted by Gasteiger charge is -2.49. The van der Waals surface area contributed by atoms with Crippen molar-refractivity contribution in [2.45, 2.75) is 67.0 Å². The summed E-state index contributed by atoms with van der Waals surface area (Å²) in [6.07, 6.45) is 1.98. The molecule has 6 nitrogen and oxygen atoms in total. The predicted molar refractivity (Wildman–Crippen MR) is 138 cm³/mol. The van der Waals surface area contributed by atoms with Crippen molar-refractivity contribution in [1.29, 1.82) is 0 Å². The first kappa shape index (κ1) is 25.7. The average Bonchev–Trinajstić information content (AvgIpc) is 3.37. The highest BCUT2D eigenvalue weighted by molar-refractivity contribution is 8.00. The Balaban J connectivity index is 1.47. The zero-order chi connectivity index (χ0) is 25.2. The molecule has 1 aromatic heterocycles. The number of halogens is 2. The van der Waals surface area contributed by atoms with Crippen LogP contribution < -0.4 is 0 Å². The summed E-state index contributed by atoms with van der Waals surface area (Å²) in [4.78, 5) is 4.51. The van der Waals surface area contributed by atoms with Crippen molar-refractivity contribution >= 4 is 23.4 Å². The molecule has 2 aliphatic heterocycles. The van der Waals surface area contributed by atoms with Crippen LogP contribution in [0.4, 0.5) is 4.39 Å². The standard InChI is InChI=1S/C27H30ClFN2O4S/c1-3-22(16(2)28)36-27-24(32)23(31-13-20(30-15-31)18-10-7-11-19(29)12-18)25-21(34-27)14-33-26(35-25)17-8-5-4-6-9-17/h4-13,15-16,21-27,32H,3,14H2,1-2H3/t16-,21+,22?,23+,24+,25-,26?,27+/m0/s1. The summed E-state index contributed by atoms with van der Waals surface area (Å²) in [6, 6.07) is 15.5. The summed E-state index contributed by atoms with van der Waals surface area (Å²) in [5.41, 5.74) is 1.65. The first-order chi connectivity index (χ1) is 17.4. The van der Waals surface area contributed by atoms with E-state index in [2.05, 4.69) is 11.9 Å². The number of aromatic nitrogens is 2. The highest BCUT2D eigenvalue weighted by atomic mass is 35.5. The number of hydrogen-bond donors (Lipinski definition) is 1. The predicted octanol–water partition coefficient (Wildman–Crippen LogP) is 5.57. The number of ether oxygens (including phenoxy) is 3. The first-order valence-corrected chi connectivity index (χ1v) is 13.6. The quantitative estimate of drug-likeness (QED) is 0.401. The Hall–Kier alpha value is -1.94. The molecule has 0 bridgehead atoms. The number of benzene rings is 2. The van der Waals surface area contributed by atoms with Gasteiger partial charge < -0.3 is 23.9 Å². The molecule has 0 amide bonds. The summed E-state index contributed by atoms with van der Waals surface area (Å²) in [7, 11) is 0. The van der Waals surface area contributed by atoms with Gasteiger partial charge in [-0.15, -0.1) is 23.4 Å². The lowest BCUT2D eigenvalue weighted by Crippen LogP contribution is -2.58. The van der Waals surface area contributed by atoms with Gasteiger partial charge >= 0.3 is 0 Å². The van der Waals surface area contributed by atoms with Gasteiger partial charge in [0.05, 0.1) is 24.7 Å². The van der Waals surface area contributed by atoms with Crippen LogP contribution in [0.15, 0.2) is 67.1 Å². The number of hydrogen-bond acceptors (Lipinski definition) is 6. The fourth-order valence-corrected chi connectivity index (χ4v) is 6.45. The Morgan fingerprint density at radius 3 is 2.72 bits per heavy atom. The largest absolute Gasteiger partial charge is 0.387 e. The van der Waals surface area contributed by atoms with Gasteiger partial charge in [0.2, 0.25) is 0 Å². The van der Waals surface area contributed by atoms with Gasteiger partial charge in [0.15, 0.2) is 6.29 Å². The number of nitrogens with zero attached hydrogens (tertiary/aromatic N) is 2. The van der Waals surface area contributed by atoms with Gasteiger partial charge in [-0.2, -0.15) is 0 Å². The second-order valence-corrected chi connectivity index (χ2v) is 11.2. The topological polar surface area (TPSA) is 65.7 Å². The Morgan fingerprint density at radius 1 is 1.19 bits per heavy atom. The molecule has 192 valence electrons. The fraction of sp³-hybridized carbons (Fsp3) is 0.444. The van der Waals surface area contributed by atoms with Crippen LogP contribution in [0.25, 0.3) is 11.3 Å². The van der Waals surface area contributed by atoms with E-state index in [0.717, 1.165) is 12.0 Å². The normalized spacial score (nSPS) is 29.9. The van der Waals surface area contributed by atoms with E-state index in [4.69, 9.17) is 25.8 Å². The minimum absolute atomic E-state index is 0.0823.